The molecule has 0 radical (unpaired) electrons. The average Bonchev–Trinajstić information content (AvgIpc) is 2.78. The molecule has 3 heteroatoms. The van der Waals surface area contributed by atoms with Gasteiger partial charge < -0.3 is 4.74 Å². The number of rotatable bonds is 2. The smallest absolute Gasteiger partial charge is 0.147 e. The van der Waals surface area contributed by atoms with Crippen molar-refractivity contribution in [2.75, 3.05) is 0 Å². The van der Waals surface area contributed by atoms with Gasteiger partial charge in [0.2, 0.25) is 0 Å². The fraction of sp³-hybridized carbons (Fsp3) is 0.308. The molecule has 0 atom stereocenters. The maximum Gasteiger partial charge on any atom is 0.147 e. The van der Waals surface area contributed by atoms with E-state index in [0.717, 1.165) is 30.0 Å². The molecule has 2 aromatic rings. The third-order valence-corrected chi connectivity index (χ3v) is 2.93. The number of aryl methyl sites for hydroxylation is 1. The van der Waals surface area contributed by atoms with Crippen LogP contribution in [0.1, 0.15) is 24.6 Å². The van der Waals surface area contributed by atoms with Gasteiger partial charge in [-0.25, -0.2) is 4.98 Å². The molecule has 3 nitrogen and oxygen atoms in total. The first-order chi connectivity index (χ1) is 7.90. The van der Waals surface area contributed by atoms with Crippen molar-refractivity contribution in [1.82, 2.24) is 9.55 Å². The second-order valence-electron chi connectivity index (χ2n) is 4.06. The van der Waals surface area contributed by atoms with Gasteiger partial charge in [0.25, 0.3) is 0 Å². The molecule has 0 spiro atoms. The second-order valence-corrected chi connectivity index (χ2v) is 4.06. The Bertz CT molecular complexity index is 516. The topological polar surface area (TPSA) is 27.1 Å². The second kappa shape index (κ2) is 3.67. The molecule has 0 aliphatic carbocycles. The monoisotopic (exact) mass is 214 g/mol. The number of imidazole rings is 1. The first-order valence-corrected chi connectivity index (χ1v) is 5.66. The predicted molar refractivity (Wildman–Crippen MR) is 61.9 cm³/mol. The minimum atomic E-state index is 0.619. The van der Waals surface area contributed by atoms with Gasteiger partial charge in [-0.15, -0.1) is 0 Å². The summed E-state index contributed by atoms with van der Waals surface area (Å²) in [5.74, 6) is 1.02. The van der Waals surface area contributed by atoms with Gasteiger partial charge in [-0.3, -0.25) is 4.57 Å². The van der Waals surface area contributed by atoms with Crippen LogP contribution in [0.15, 0.2) is 30.7 Å². The van der Waals surface area contributed by atoms with E-state index < -0.39 is 0 Å². The van der Waals surface area contributed by atoms with Gasteiger partial charge in [-0.2, -0.15) is 0 Å². The molecule has 1 aromatic heterocycles. The summed E-state index contributed by atoms with van der Waals surface area (Å²) >= 11 is 0. The maximum atomic E-state index is 5.83. The van der Waals surface area contributed by atoms with Gasteiger partial charge in [0.1, 0.15) is 12.4 Å². The molecular weight excluding hydrogens is 200 g/mol. The first-order valence-electron chi connectivity index (χ1n) is 5.66. The summed E-state index contributed by atoms with van der Waals surface area (Å²) in [6.07, 6.45) is 5.91. The Labute approximate surface area is 94.7 Å². The highest BCUT2D eigenvalue weighted by molar-refractivity contribution is 5.54. The largest absolute Gasteiger partial charge is 0.485 e. The van der Waals surface area contributed by atoms with E-state index in [1.807, 2.05) is 12.5 Å². The minimum Gasteiger partial charge on any atom is -0.485 e. The van der Waals surface area contributed by atoms with Gasteiger partial charge in [0.05, 0.1) is 23.9 Å². The summed E-state index contributed by atoms with van der Waals surface area (Å²) in [6, 6.07) is 6.31. The van der Waals surface area contributed by atoms with Crippen molar-refractivity contribution >= 4 is 0 Å². The number of benzene rings is 1. The van der Waals surface area contributed by atoms with E-state index in [4.69, 9.17) is 4.74 Å². The Kier molecular flexibility index (Phi) is 2.17. The average molecular weight is 214 g/mol. The van der Waals surface area contributed by atoms with Gasteiger partial charge in [0, 0.05) is 0 Å². The molecule has 1 aromatic carbocycles. The van der Waals surface area contributed by atoms with E-state index in [-0.39, 0.29) is 0 Å². The van der Waals surface area contributed by atoms with Crippen molar-refractivity contribution in [3.05, 3.63) is 42.0 Å². The van der Waals surface area contributed by atoms with Crippen molar-refractivity contribution in [2.24, 2.45) is 0 Å². The van der Waals surface area contributed by atoms with E-state index >= 15 is 0 Å². The fourth-order valence-electron chi connectivity index (χ4n) is 2.19. The summed E-state index contributed by atoms with van der Waals surface area (Å²) in [7, 11) is 0. The normalized spacial score (nSPS) is 12.8. The molecule has 0 unspecified atom stereocenters. The van der Waals surface area contributed by atoms with E-state index in [1.165, 1.54) is 5.56 Å². The van der Waals surface area contributed by atoms with Crippen molar-refractivity contribution in [3.8, 4) is 11.4 Å². The van der Waals surface area contributed by atoms with Crippen LogP contribution in [0.5, 0.6) is 5.75 Å². The Morgan fingerprint density at radius 3 is 3.25 bits per heavy atom. The van der Waals surface area contributed by atoms with Crippen molar-refractivity contribution in [2.45, 2.75) is 26.4 Å². The lowest BCUT2D eigenvalue weighted by atomic mass is 10.1. The van der Waals surface area contributed by atoms with Crippen LogP contribution in [0.25, 0.3) is 5.69 Å². The van der Waals surface area contributed by atoms with Crippen LogP contribution >= 0.6 is 0 Å². The van der Waals surface area contributed by atoms with Crippen molar-refractivity contribution in [1.29, 1.82) is 0 Å². The molecule has 0 saturated carbocycles. The Hall–Kier alpha value is -1.77. The zero-order chi connectivity index (χ0) is 11.0. The summed E-state index contributed by atoms with van der Waals surface area (Å²) in [6.45, 7) is 2.80. The molecular formula is C13H14N2O. The Morgan fingerprint density at radius 2 is 2.38 bits per heavy atom. The third-order valence-electron chi connectivity index (χ3n) is 2.93. The van der Waals surface area contributed by atoms with E-state index in [9.17, 15) is 0 Å². The van der Waals surface area contributed by atoms with Crippen molar-refractivity contribution < 1.29 is 4.74 Å². The molecule has 1 aliphatic rings. The molecule has 2 heterocycles. The summed E-state index contributed by atoms with van der Waals surface area (Å²) < 4.78 is 7.94. The standard InChI is InChI=1S/C13H14N2O/c1-2-4-10-5-3-6-12-13(10)16-8-11-7-14-9-15(11)12/h3,5-7,9H,2,4,8H2,1H3. The van der Waals surface area contributed by atoms with Gasteiger partial charge in [0.15, 0.2) is 0 Å². The summed E-state index contributed by atoms with van der Waals surface area (Å²) in [5.41, 5.74) is 3.52. The number of fused-ring (bicyclic) bond motifs is 3. The molecule has 0 saturated heterocycles. The lowest BCUT2D eigenvalue weighted by Gasteiger charge is -2.22. The third kappa shape index (κ3) is 1.32. The highest BCUT2D eigenvalue weighted by Crippen LogP contribution is 2.33. The SMILES string of the molecule is CCCc1cccc2c1OCc1cncn1-2. The van der Waals surface area contributed by atoms with Crippen LogP contribution in [0.2, 0.25) is 0 Å². The highest BCUT2D eigenvalue weighted by Gasteiger charge is 2.18. The van der Waals surface area contributed by atoms with Crippen LogP contribution in [-0.4, -0.2) is 9.55 Å². The quantitative estimate of drug-likeness (QED) is 0.768. The summed E-state index contributed by atoms with van der Waals surface area (Å²) in [4.78, 5) is 4.16. The zero-order valence-electron chi connectivity index (χ0n) is 9.31. The van der Waals surface area contributed by atoms with Crippen LogP contribution in [-0.2, 0) is 13.0 Å². The van der Waals surface area contributed by atoms with Crippen LogP contribution in [0, 0.1) is 0 Å². The van der Waals surface area contributed by atoms with E-state index in [1.54, 1.807) is 0 Å². The molecule has 3 rings (SSSR count). The Balaban J connectivity index is 2.16. The number of aromatic nitrogens is 2. The molecule has 0 bridgehead atoms. The van der Waals surface area contributed by atoms with Gasteiger partial charge in [-0.05, 0) is 18.1 Å². The predicted octanol–water partition coefficient (Wildman–Crippen LogP) is 2.72. The molecule has 82 valence electrons. The lowest BCUT2D eigenvalue weighted by Crippen LogP contribution is -2.13. The van der Waals surface area contributed by atoms with E-state index in [2.05, 4.69) is 34.7 Å². The number of hydrogen-bond donors (Lipinski definition) is 0. The number of hydrogen-bond acceptors (Lipinski definition) is 2. The molecule has 0 N–H and O–H groups in total. The van der Waals surface area contributed by atoms with E-state index in [0.29, 0.717) is 6.61 Å². The Morgan fingerprint density at radius 1 is 1.44 bits per heavy atom. The molecule has 1 aliphatic heterocycles. The van der Waals surface area contributed by atoms with Crippen LogP contribution in [0.3, 0.4) is 0 Å². The maximum absolute atomic E-state index is 5.83. The molecule has 16 heavy (non-hydrogen) atoms. The number of ether oxygens (including phenoxy) is 1. The fourth-order valence-corrected chi connectivity index (χ4v) is 2.19. The summed E-state index contributed by atoms with van der Waals surface area (Å²) in [5, 5.41) is 0. The lowest BCUT2D eigenvalue weighted by molar-refractivity contribution is 0.282. The molecule has 0 amide bonds. The van der Waals surface area contributed by atoms with Crippen LogP contribution < -0.4 is 4.74 Å². The zero-order valence-corrected chi connectivity index (χ0v) is 9.31. The highest BCUT2D eigenvalue weighted by atomic mass is 16.5. The van der Waals surface area contributed by atoms with Gasteiger partial charge >= 0.3 is 0 Å². The first kappa shape index (κ1) is 9.46. The van der Waals surface area contributed by atoms with Gasteiger partial charge in [-0.1, -0.05) is 25.5 Å². The molecule has 0 fully saturated rings. The minimum absolute atomic E-state index is 0.619. The number of para-hydroxylation sites is 1. The van der Waals surface area contributed by atoms with Crippen LogP contribution in [0.4, 0.5) is 0 Å². The van der Waals surface area contributed by atoms with Crippen molar-refractivity contribution in [3.63, 3.8) is 0 Å². The number of nitrogens with zero attached hydrogens (tertiary/aromatic N) is 2.